The molecular formula is C11H7F5O5. The number of alkyl halides is 5. The van der Waals surface area contributed by atoms with Crippen LogP contribution >= 0.6 is 0 Å². The maximum Gasteiger partial charge on any atom is 0.450 e. The zero-order chi connectivity index (χ0) is 16.1. The number of hydrogen-bond acceptors (Lipinski definition) is 5. The number of aliphatic hydroxyl groups is 2. The molecule has 0 amide bonds. The Morgan fingerprint density at radius 3 is 2.19 bits per heavy atom. The minimum atomic E-state index is -6.12. The summed E-state index contributed by atoms with van der Waals surface area (Å²) in [6, 6.07) is 2.52. The fourth-order valence-electron chi connectivity index (χ4n) is 1.56. The van der Waals surface area contributed by atoms with Gasteiger partial charge in [-0.15, -0.1) is 0 Å². The molecule has 0 aliphatic carbocycles. The van der Waals surface area contributed by atoms with Crippen molar-refractivity contribution in [3.05, 3.63) is 23.8 Å². The molecule has 1 aromatic carbocycles. The van der Waals surface area contributed by atoms with E-state index in [1.807, 2.05) is 0 Å². The third-order valence-corrected chi connectivity index (χ3v) is 2.75. The van der Waals surface area contributed by atoms with Gasteiger partial charge in [0.2, 0.25) is 12.6 Å². The van der Waals surface area contributed by atoms with Gasteiger partial charge in [0.1, 0.15) is 0 Å². The Morgan fingerprint density at radius 1 is 1.05 bits per heavy atom. The van der Waals surface area contributed by atoms with Crippen molar-refractivity contribution in [1.82, 2.24) is 0 Å². The van der Waals surface area contributed by atoms with Gasteiger partial charge in [0.15, 0.2) is 11.5 Å². The van der Waals surface area contributed by atoms with E-state index in [1.54, 1.807) is 0 Å². The van der Waals surface area contributed by atoms with Gasteiger partial charge in [-0.3, -0.25) is 4.79 Å². The molecule has 0 saturated heterocycles. The molecule has 116 valence electrons. The number of halogens is 5. The molecule has 0 aromatic heterocycles. The van der Waals surface area contributed by atoms with Crippen molar-refractivity contribution in [1.29, 1.82) is 0 Å². The molecule has 0 saturated carbocycles. The van der Waals surface area contributed by atoms with Crippen LogP contribution in [0.4, 0.5) is 22.0 Å². The Morgan fingerprint density at radius 2 is 1.62 bits per heavy atom. The van der Waals surface area contributed by atoms with Crippen LogP contribution in [-0.2, 0) is 0 Å². The van der Waals surface area contributed by atoms with Crippen molar-refractivity contribution < 1.29 is 46.4 Å². The first-order valence-electron chi connectivity index (χ1n) is 5.32. The molecule has 0 atom stereocenters. The Kier molecular flexibility index (Phi) is 3.33. The smallest absolute Gasteiger partial charge is 0.450 e. The molecule has 1 aliphatic rings. The Balaban J connectivity index is 2.39. The first-order chi connectivity index (χ1) is 9.48. The van der Waals surface area contributed by atoms with E-state index in [0.717, 1.165) is 18.2 Å². The van der Waals surface area contributed by atoms with E-state index >= 15 is 0 Å². The Labute approximate surface area is 113 Å². The van der Waals surface area contributed by atoms with Crippen molar-refractivity contribution in [2.24, 2.45) is 0 Å². The summed E-state index contributed by atoms with van der Waals surface area (Å²) in [5.74, 6) is -13.4. The Bertz CT molecular complexity index is 581. The lowest BCUT2D eigenvalue weighted by Crippen LogP contribution is -2.62. The van der Waals surface area contributed by atoms with E-state index < -0.39 is 29.2 Å². The lowest BCUT2D eigenvalue weighted by molar-refractivity contribution is -0.402. The molecule has 10 heteroatoms. The predicted molar refractivity (Wildman–Crippen MR) is 55.1 cm³/mol. The van der Waals surface area contributed by atoms with E-state index in [-0.39, 0.29) is 18.3 Å². The molecule has 1 aliphatic heterocycles. The number of rotatable bonds is 3. The molecule has 2 N–H and O–H groups in total. The molecule has 21 heavy (non-hydrogen) atoms. The highest BCUT2D eigenvalue weighted by atomic mass is 19.4. The molecule has 1 heterocycles. The summed E-state index contributed by atoms with van der Waals surface area (Å²) in [5, 5.41) is 17.2. The predicted octanol–water partition coefficient (Wildman–Crippen LogP) is 1.48. The van der Waals surface area contributed by atoms with Crippen LogP contribution in [0.5, 0.6) is 11.5 Å². The van der Waals surface area contributed by atoms with Crippen LogP contribution < -0.4 is 9.47 Å². The van der Waals surface area contributed by atoms with Gasteiger partial charge in [0, 0.05) is 5.56 Å². The SMILES string of the molecule is O=C(c1ccc2c(c1)OCO2)C(F)(F)C(O)(O)C(F)(F)F. The van der Waals surface area contributed by atoms with Crippen LogP contribution in [0.2, 0.25) is 0 Å². The number of fused-ring (bicyclic) bond motifs is 1. The average Bonchev–Trinajstić information content (AvgIpc) is 2.83. The van der Waals surface area contributed by atoms with Crippen molar-refractivity contribution in [3.8, 4) is 11.5 Å². The summed E-state index contributed by atoms with van der Waals surface area (Å²) in [5.41, 5.74) is -0.888. The van der Waals surface area contributed by atoms with Gasteiger partial charge in [-0.05, 0) is 18.2 Å². The quantitative estimate of drug-likeness (QED) is 0.502. The molecule has 1 aromatic rings. The van der Waals surface area contributed by atoms with Crippen LogP contribution in [0.15, 0.2) is 18.2 Å². The first-order valence-corrected chi connectivity index (χ1v) is 5.32. The van der Waals surface area contributed by atoms with Crippen molar-refractivity contribution >= 4 is 5.78 Å². The van der Waals surface area contributed by atoms with Crippen molar-refractivity contribution in [2.75, 3.05) is 6.79 Å². The van der Waals surface area contributed by atoms with Gasteiger partial charge in [0.25, 0.3) is 0 Å². The summed E-state index contributed by atoms with van der Waals surface area (Å²) >= 11 is 0. The van der Waals surface area contributed by atoms with E-state index in [9.17, 15) is 26.7 Å². The van der Waals surface area contributed by atoms with Crippen molar-refractivity contribution in [3.63, 3.8) is 0 Å². The third-order valence-electron chi connectivity index (χ3n) is 2.75. The lowest BCUT2D eigenvalue weighted by Gasteiger charge is -2.31. The maximum atomic E-state index is 13.5. The van der Waals surface area contributed by atoms with E-state index in [2.05, 4.69) is 0 Å². The molecule has 0 bridgehead atoms. The molecule has 5 nitrogen and oxygen atoms in total. The number of ketones is 1. The highest BCUT2D eigenvalue weighted by Crippen LogP contribution is 2.43. The number of carbonyl (C=O) groups is 1. The Hall–Kier alpha value is -1.94. The number of benzene rings is 1. The highest BCUT2D eigenvalue weighted by molar-refractivity contribution is 6.02. The van der Waals surface area contributed by atoms with Crippen LogP contribution in [0.25, 0.3) is 0 Å². The minimum Gasteiger partial charge on any atom is -0.454 e. The van der Waals surface area contributed by atoms with Crippen LogP contribution in [0.3, 0.4) is 0 Å². The third kappa shape index (κ3) is 2.29. The molecule has 2 rings (SSSR count). The zero-order valence-electron chi connectivity index (χ0n) is 9.95. The summed E-state index contributed by atoms with van der Waals surface area (Å²) in [4.78, 5) is 11.5. The number of Topliss-reactive ketones (excluding diaryl/α,β-unsaturated/α-hetero) is 1. The zero-order valence-corrected chi connectivity index (χ0v) is 9.95. The van der Waals surface area contributed by atoms with Gasteiger partial charge in [-0.2, -0.15) is 22.0 Å². The van der Waals surface area contributed by atoms with Crippen LogP contribution in [-0.4, -0.2) is 40.7 Å². The van der Waals surface area contributed by atoms with Gasteiger partial charge in [0.05, 0.1) is 0 Å². The monoisotopic (exact) mass is 314 g/mol. The number of hydrogen-bond donors (Lipinski definition) is 2. The number of ether oxygens (including phenoxy) is 2. The average molecular weight is 314 g/mol. The van der Waals surface area contributed by atoms with Gasteiger partial charge < -0.3 is 19.7 Å². The molecule has 0 fully saturated rings. The molecule has 0 spiro atoms. The second kappa shape index (κ2) is 4.53. The first kappa shape index (κ1) is 15.4. The molecular weight excluding hydrogens is 307 g/mol. The highest BCUT2D eigenvalue weighted by Gasteiger charge is 2.72. The summed E-state index contributed by atoms with van der Waals surface area (Å²) in [7, 11) is 0. The summed E-state index contributed by atoms with van der Waals surface area (Å²) in [6.45, 7) is -0.240. The largest absolute Gasteiger partial charge is 0.454 e. The van der Waals surface area contributed by atoms with Crippen LogP contribution in [0, 0.1) is 0 Å². The summed E-state index contributed by atoms with van der Waals surface area (Å²) in [6.07, 6.45) is -6.12. The lowest BCUT2D eigenvalue weighted by atomic mass is 9.97. The number of carbonyl (C=O) groups excluding carboxylic acids is 1. The summed E-state index contributed by atoms with van der Waals surface area (Å²) < 4.78 is 73.3. The van der Waals surface area contributed by atoms with Crippen molar-refractivity contribution in [2.45, 2.75) is 17.9 Å². The van der Waals surface area contributed by atoms with Crippen LogP contribution in [0.1, 0.15) is 10.4 Å². The van der Waals surface area contributed by atoms with Gasteiger partial charge >= 0.3 is 17.9 Å². The normalized spacial score (nSPS) is 15.2. The second-order valence-corrected chi connectivity index (χ2v) is 4.14. The maximum absolute atomic E-state index is 13.5. The van der Waals surface area contributed by atoms with Gasteiger partial charge in [-0.25, -0.2) is 0 Å². The minimum absolute atomic E-state index is 0.116. The topological polar surface area (TPSA) is 76.0 Å². The van der Waals surface area contributed by atoms with E-state index in [1.165, 1.54) is 0 Å². The standard InChI is InChI=1S/C11H7F5O5/c12-9(13,10(18,19)11(14,15)16)8(17)5-1-2-6-7(3-5)21-4-20-6/h1-3,18-19H,4H2. The fourth-order valence-corrected chi connectivity index (χ4v) is 1.56. The molecule has 0 radical (unpaired) electrons. The molecule has 0 unspecified atom stereocenters. The van der Waals surface area contributed by atoms with E-state index in [4.69, 9.17) is 19.7 Å². The fraction of sp³-hybridized carbons (Fsp3) is 0.364. The van der Waals surface area contributed by atoms with Gasteiger partial charge in [-0.1, -0.05) is 0 Å². The van der Waals surface area contributed by atoms with E-state index in [0.29, 0.717) is 0 Å². The second-order valence-electron chi connectivity index (χ2n) is 4.14.